The molecule has 3 fully saturated rings. The second-order valence-corrected chi connectivity index (χ2v) is 6.23. The van der Waals surface area contributed by atoms with Gasteiger partial charge in [0.25, 0.3) is 0 Å². The van der Waals surface area contributed by atoms with Crippen LogP contribution < -0.4 is 10.6 Å². The van der Waals surface area contributed by atoms with Crippen LogP contribution in [0.4, 0.5) is 0 Å². The molecule has 0 aromatic heterocycles. The molecule has 3 rings (SSSR count). The Balaban J connectivity index is 0.00000147. The second-order valence-electron chi connectivity index (χ2n) is 6.23. The summed E-state index contributed by atoms with van der Waals surface area (Å²) in [5, 5.41) is 6.19. The number of hydrogen-bond acceptors (Lipinski definition) is 3. The van der Waals surface area contributed by atoms with E-state index < -0.39 is 0 Å². The lowest BCUT2D eigenvalue weighted by atomic mass is 9.71. The summed E-state index contributed by atoms with van der Waals surface area (Å²) in [6.07, 6.45) is 5.91. The molecule has 2 amide bonds. The van der Waals surface area contributed by atoms with Crippen molar-refractivity contribution < 1.29 is 9.59 Å². The van der Waals surface area contributed by atoms with Gasteiger partial charge in [-0.1, -0.05) is 0 Å². The lowest BCUT2D eigenvalue weighted by molar-refractivity contribution is -0.136. The van der Waals surface area contributed by atoms with Crippen LogP contribution in [0.25, 0.3) is 0 Å². The minimum Gasteiger partial charge on any atom is -0.344 e. The van der Waals surface area contributed by atoms with Crippen molar-refractivity contribution in [3.8, 4) is 0 Å². The summed E-state index contributed by atoms with van der Waals surface area (Å²) in [7, 11) is 0. The van der Waals surface area contributed by atoms with E-state index in [1.165, 1.54) is 12.8 Å². The molecule has 6 heteroatoms. The van der Waals surface area contributed by atoms with Gasteiger partial charge in [-0.3, -0.25) is 9.59 Å². The minimum absolute atomic E-state index is 0. The first-order valence-corrected chi connectivity index (χ1v) is 7.47. The average molecular weight is 302 g/mol. The van der Waals surface area contributed by atoms with Crippen LogP contribution >= 0.6 is 12.4 Å². The SMILES string of the molecule is Cl.O=C1CC[C@H](C(=O)N2CCC3(CCNCC3)CC2)N1. The van der Waals surface area contributed by atoms with Gasteiger partial charge in [0.1, 0.15) is 6.04 Å². The quantitative estimate of drug-likeness (QED) is 0.749. The number of carbonyl (C=O) groups is 2. The van der Waals surface area contributed by atoms with Crippen molar-refractivity contribution in [1.29, 1.82) is 0 Å². The summed E-state index contributed by atoms with van der Waals surface area (Å²) in [5.74, 6) is 0.153. The van der Waals surface area contributed by atoms with Gasteiger partial charge in [-0.2, -0.15) is 0 Å². The number of piperidine rings is 2. The smallest absolute Gasteiger partial charge is 0.245 e. The van der Waals surface area contributed by atoms with Crippen LogP contribution in [0.1, 0.15) is 38.5 Å². The van der Waals surface area contributed by atoms with Gasteiger partial charge in [0.15, 0.2) is 0 Å². The first-order valence-electron chi connectivity index (χ1n) is 7.47. The van der Waals surface area contributed by atoms with Gasteiger partial charge in [0.2, 0.25) is 11.8 Å². The van der Waals surface area contributed by atoms with Crippen LogP contribution in [0.3, 0.4) is 0 Å². The minimum atomic E-state index is -0.255. The Morgan fingerprint density at radius 1 is 1.15 bits per heavy atom. The number of amides is 2. The zero-order valence-electron chi connectivity index (χ0n) is 11.8. The van der Waals surface area contributed by atoms with Crippen LogP contribution in [-0.2, 0) is 9.59 Å². The molecule has 0 aromatic rings. The summed E-state index contributed by atoms with van der Waals surface area (Å²) in [5.41, 5.74) is 0.473. The Morgan fingerprint density at radius 3 is 2.35 bits per heavy atom. The largest absolute Gasteiger partial charge is 0.344 e. The van der Waals surface area contributed by atoms with Crippen molar-refractivity contribution in [3.63, 3.8) is 0 Å². The maximum absolute atomic E-state index is 12.3. The molecule has 0 aromatic carbocycles. The molecule has 3 heterocycles. The van der Waals surface area contributed by atoms with E-state index in [1.807, 2.05) is 4.90 Å². The fraction of sp³-hybridized carbons (Fsp3) is 0.857. The molecule has 0 bridgehead atoms. The monoisotopic (exact) mass is 301 g/mol. The molecule has 3 saturated heterocycles. The Hall–Kier alpha value is -0.810. The van der Waals surface area contributed by atoms with E-state index in [2.05, 4.69) is 10.6 Å². The van der Waals surface area contributed by atoms with Crippen LogP contribution in [0, 0.1) is 5.41 Å². The molecule has 20 heavy (non-hydrogen) atoms. The summed E-state index contributed by atoms with van der Waals surface area (Å²) in [4.78, 5) is 25.5. The Labute approximate surface area is 126 Å². The lowest BCUT2D eigenvalue weighted by Crippen LogP contribution is -2.51. The van der Waals surface area contributed by atoms with E-state index in [0.717, 1.165) is 39.0 Å². The molecule has 0 radical (unpaired) electrons. The summed E-state index contributed by atoms with van der Waals surface area (Å²) >= 11 is 0. The predicted octanol–water partition coefficient (Wildman–Crippen LogP) is 0.679. The lowest BCUT2D eigenvalue weighted by Gasteiger charge is -2.44. The molecular formula is C14H24ClN3O2. The molecule has 1 spiro atoms. The molecule has 0 aliphatic carbocycles. The molecule has 3 aliphatic rings. The fourth-order valence-corrected chi connectivity index (χ4v) is 3.68. The third-order valence-corrected chi connectivity index (χ3v) is 5.09. The number of carbonyl (C=O) groups excluding carboxylic acids is 2. The Morgan fingerprint density at radius 2 is 1.80 bits per heavy atom. The highest BCUT2D eigenvalue weighted by molar-refractivity contribution is 5.90. The fourth-order valence-electron chi connectivity index (χ4n) is 3.68. The van der Waals surface area contributed by atoms with Crippen LogP contribution in [0.15, 0.2) is 0 Å². The number of hydrogen-bond donors (Lipinski definition) is 2. The zero-order valence-corrected chi connectivity index (χ0v) is 12.6. The summed E-state index contributed by atoms with van der Waals surface area (Å²) < 4.78 is 0. The highest BCUT2D eigenvalue weighted by atomic mass is 35.5. The topological polar surface area (TPSA) is 61.4 Å². The zero-order chi connectivity index (χ0) is 13.3. The van der Waals surface area contributed by atoms with Crippen molar-refractivity contribution in [2.24, 2.45) is 5.41 Å². The summed E-state index contributed by atoms with van der Waals surface area (Å²) in [6, 6.07) is -0.255. The average Bonchev–Trinajstić information content (AvgIpc) is 2.87. The van der Waals surface area contributed by atoms with Crippen molar-refractivity contribution in [2.75, 3.05) is 26.2 Å². The molecule has 114 valence electrons. The number of likely N-dealkylation sites (tertiary alicyclic amines) is 1. The number of halogens is 1. The van der Waals surface area contributed by atoms with E-state index in [-0.39, 0.29) is 30.3 Å². The Bertz CT molecular complexity index is 373. The van der Waals surface area contributed by atoms with Gasteiger partial charge in [0.05, 0.1) is 0 Å². The van der Waals surface area contributed by atoms with E-state index in [1.54, 1.807) is 0 Å². The normalized spacial score (nSPS) is 28.9. The van der Waals surface area contributed by atoms with E-state index in [4.69, 9.17) is 0 Å². The number of rotatable bonds is 1. The van der Waals surface area contributed by atoms with Crippen molar-refractivity contribution in [2.45, 2.75) is 44.6 Å². The standard InChI is InChI=1S/C14H23N3O2.ClH/c18-12-2-1-11(16-12)13(19)17-9-5-14(6-10-17)3-7-15-8-4-14;/h11,15H,1-10H2,(H,16,18);1H/t11-;/m1./s1. The third kappa shape index (κ3) is 3.09. The highest BCUT2D eigenvalue weighted by Gasteiger charge is 2.39. The Kier molecular flexibility index (Phi) is 4.91. The highest BCUT2D eigenvalue weighted by Crippen LogP contribution is 2.39. The van der Waals surface area contributed by atoms with Gasteiger partial charge >= 0.3 is 0 Å². The summed E-state index contributed by atoms with van der Waals surface area (Å²) in [6.45, 7) is 3.97. The molecule has 1 atom stereocenters. The van der Waals surface area contributed by atoms with E-state index in [0.29, 0.717) is 18.3 Å². The first-order chi connectivity index (χ1) is 9.19. The first kappa shape index (κ1) is 15.6. The van der Waals surface area contributed by atoms with E-state index in [9.17, 15) is 9.59 Å². The van der Waals surface area contributed by atoms with Crippen LogP contribution in [0.5, 0.6) is 0 Å². The van der Waals surface area contributed by atoms with Gasteiger partial charge in [-0.05, 0) is 50.6 Å². The van der Waals surface area contributed by atoms with E-state index >= 15 is 0 Å². The van der Waals surface area contributed by atoms with Crippen molar-refractivity contribution >= 4 is 24.2 Å². The van der Waals surface area contributed by atoms with Crippen LogP contribution in [0.2, 0.25) is 0 Å². The van der Waals surface area contributed by atoms with Gasteiger partial charge < -0.3 is 15.5 Å². The number of nitrogens with zero attached hydrogens (tertiary/aromatic N) is 1. The molecule has 5 nitrogen and oxygen atoms in total. The second kappa shape index (κ2) is 6.31. The van der Waals surface area contributed by atoms with Crippen molar-refractivity contribution in [1.82, 2.24) is 15.5 Å². The number of nitrogens with one attached hydrogen (secondary N) is 2. The molecule has 2 N–H and O–H groups in total. The van der Waals surface area contributed by atoms with Gasteiger partial charge in [-0.25, -0.2) is 0 Å². The third-order valence-electron chi connectivity index (χ3n) is 5.09. The maximum atomic E-state index is 12.3. The molecule has 0 unspecified atom stereocenters. The molecular weight excluding hydrogens is 278 g/mol. The molecule has 3 aliphatic heterocycles. The maximum Gasteiger partial charge on any atom is 0.245 e. The van der Waals surface area contributed by atoms with Crippen molar-refractivity contribution in [3.05, 3.63) is 0 Å². The van der Waals surface area contributed by atoms with Gasteiger partial charge in [0, 0.05) is 19.5 Å². The van der Waals surface area contributed by atoms with Gasteiger partial charge in [-0.15, -0.1) is 12.4 Å². The molecule has 0 saturated carbocycles. The van der Waals surface area contributed by atoms with Crippen LogP contribution in [-0.4, -0.2) is 48.9 Å². The predicted molar refractivity (Wildman–Crippen MR) is 78.8 cm³/mol.